The average molecular weight is 482 g/mol. The van der Waals surface area contributed by atoms with Gasteiger partial charge >= 0.3 is 0 Å². The first-order valence-electron chi connectivity index (χ1n) is 13.1. The van der Waals surface area contributed by atoms with Crippen molar-refractivity contribution in [2.24, 2.45) is 11.3 Å². The van der Waals surface area contributed by atoms with Crippen LogP contribution in [0.3, 0.4) is 0 Å². The summed E-state index contributed by atoms with van der Waals surface area (Å²) >= 11 is 0. The Kier molecular flexibility index (Phi) is 11.0. The van der Waals surface area contributed by atoms with Crippen LogP contribution in [0.15, 0.2) is 41.3 Å². The van der Waals surface area contributed by atoms with Crippen molar-refractivity contribution in [1.29, 1.82) is 0 Å². The molecule has 1 aromatic rings. The fraction of sp³-hybridized carbons (Fsp3) is 0.621. The van der Waals surface area contributed by atoms with Gasteiger partial charge in [0.25, 0.3) is 0 Å². The minimum absolute atomic E-state index is 0.193. The summed E-state index contributed by atoms with van der Waals surface area (Å²) in [4.78, 5) is 22.3. The molecule has 1 aromatic heterocycles. The quantitative estimate of drug-likeness (QED) is 0.231. The Balaban J connectivity index is 1.96. The number of carbonyl (C=O) groups excluding carboxylic acids is 1. The second-order valence-electron chi connectivity index (χ2n) is 10.6. The van der Waals surface area contributed by atoms with Gasteiger partial charge in [-0.1, -0.05) is 48.8 Å². The molecule has 0 unspecified atom stereocenters. The molecule has 0 saturated carbocycles. The molecule has 0 saturated heterocycles. The van der Waals surface area contributed by atoms with E-state index in [9.17, 15) is 4.79 Å². The van der Waals surface area contributed by atoms with Crippen LogP contribution in [0.1, 0.15) is 87.0 Å². The Morgan fingerprint density at radius 1 is 1.20 bits per heavy atom. The van der Waals surface area contributed by atoms with E-state index in [-0.39, 0.29) is 6.04 Å². The molecule has 1 heterocycles. The van der Waals surface area contributed by atoms with Crippen LogP contribution in [-0.2, 0) is 4.79 Å². The molecule has 2 rings (SSSR count). The van der Waals surface area contributed by atoms with Crippen molar-refractivity contribution < 1.29 is 4.79 Å². The van der Waals surface area contributed by atoms with Gasteiger partial charge in [-0.2, -0.15) is 0 Å². The standard InChI is InChI=1S/C29H47N5O/c1-21(2)33-28-26(27(30-8)31-19-32-28)34(20-35)18-16-23(4)12-9-11-22(3)15-17-29(7)24(5)13-10-14-25(29)6/h11,13,16,19-21,25H,9-10,12,14-15,17-18H2,1-8H3,(H2,30,31,32,33)/b22-11+,23-16+/t25-,29-/m0/s1. The van der Waals surface area contributed by atoms with E-state index < -0.39 is 0 Å². The number of carbonyl (C=O) groups is 1. The highest BCUT2D eigenvalue weighted by atomic mass is 16.1. The molecule has 1 amide bonds. The van der Waals surface area contributed by atoms with Gasteiger partial charge in [-0.3, -0.25) is 4.79 Å². The van der Waals surface area contributed by atoms with Crippen LogP contribution in [0.5, 0.6) is 0 Å². The minimum atomic E-state index is 0.193. The number of anilines is 3. The summed E-state index contributed by atoms with van der Waals surface area (Å²) in [7, 11) is 1.80. The topological polar surface area (TPSA) is 70.2 Å². The van der Waals surface area contributed by atoms with Crippen molar-refractivity contribution in [2.75, 3.05) is 29.1 Å². The van der Waals surface area contributed by atoms with E-state index in [0.717, 1.165) is 31.6 Å². The Morgan fingerprint density at radius 3 is 2.51 bits per heavy atom. The third-order valence-electron chi connectivity index (χ3n) is 7.64. The number of nitrogens with one attached hydrogen (secondary N) is 2. The van der Waals surface area contributed by atoms with Gasteiger partial charge in [0.15, 0.2) is 11.6 Å². The monoisotopic (exact) mass is 481 g/mol. The van der Waals surface area contributed by atoms with Gasteiger partial charge in [0.1, 0.15) is 12.0 Å². The molecule has 6 heteroatoms. The number of hydrogen-bond donors (Lipinski definition) is 2. The van der Waals surface area contributed by atoms with Crippen LogP contribution in [0.4, 0.5) is 17.3 Å². The van der Waals surface area contributed by atoms with E-state index in [4.69, 9.17) is 0 Å². The maximum atomic E-state index is 12.0. The SMILES string of the molecule is CNc1ncnc(NC(C)C)c1N(C=O)C/C=C(\C)CC/C=C(\C)CC[C@@]1(C)C(C)=CCC[C@@H]1C. The van der Waals surface area contributed by atoms with E-state index in [1.54, 1.807) is 17.5 Å². The third-order valence-corrected chi connectivity index (χ3v) is 7.64. The van der Waals surface area contributed by atoms with Crippen molar-refractivity contribution in [3.63, 3.8) is 0 Å². The molecular formula is C29H47N5O. The fourth-order valence-electron chi connectivity index (χ4n) is 4.80. The molecule has 35 heavy (non-hydrogen) atoms. The predicted molar refractivity (Wildman–Crippen MR) is 150 cm³/mol. The zero-order chi connectivity index (χ0) is 26.0. The molecule has 1 aliphatic carbocycles. The second-order valence-corrected chi connectivity index (χ2v) is 10.6. The lowest BCUT2D eigenvalue weighted by Crippen LogP contribution is -2.29. The van der Waals surface area contributed by atoms with E-state index in [0.29, 0.717) is 29.3 Å². The highest BCUT2D eigenvalue weighted by Gasteiger charge is 2.34. The molecular weight excluding hydrogens is 434 g/mol. The van der Waals surface area contributed by atoms with Crippen LogP contribution in [-0.4, -0.2) is 36.0 Å². The van der Waals surface area contributed by atoms with E-state index in [2.05, 4.69) is 73.4 Å². The van der Waals surface area contributed by atoms with Crippen molar-refractivity contribution >= 4 is 23.7 Å². The lowest BCUT2D eigenvalue weighted by atomic mass is 9.65. The minimum Gasteiger partial charge on any atom is -0.371 e. The Labute approximate surface area is 213 Å². The van der Waals surface area contributed by atoms with Gasteiger partial charge in [0.05, 0.1) is 0 Å². The number of nitrogens with zero attached hydrogens (tertiary/aromatic N) is 3. The van der Waals surface area contributed by atoms with Gasteiger partial charge < -0.3 is 15.5 Å². The first-order valence-corrected chi connectivity index (χ1v) is 13.1. The number of hydrogen-bond acceptors (Lipinski definition) is 5. The van der Waals surface area contributed by atoms with Crippen LogP contribution < -0.4 is 15.5 Å². The summed E-state index contributed by atoms with van der Waals surface area (Å²) in [6, 6.07) is 0.193. The summed E-state index contributed by atoms with van der Waals surface area (Å²) < 4.78 is 0. The second kappa shape index (κ2) is 13.5. The number of allylic oxidation sites excluding steroid dienone is 5. The van der Waals surface area contributed by atoms with Crippen LogP contribution in [0.2, 0.25) is 0 Å². The third kappa shape index (κ3) is 7.94. The van der Waals surface area contributed by atoms with Crippen molar-refractivity contribution in [1.82, 2.24) is 9.97 Å². The number of rotatable bonds is 13. The summed E-state index contributed by atoms with van der Waals surface area (Å²) in [5.41, 5.74) is 5.32. The highest BCUT2D eigenvalue weighted by Crippen LogP contribution is 2.45. The lowest BCUT2D eigenvalue weighted by molar-refractivity contribution is -0.107. The van der Waals surface area contributed by atoms with Gasteiger partial charge in [-0.25, -0.2) is 9.97 Å². The molecule has 194 valence electrons. The Hall–Kier alpha value is -2.63. The summed E-state index contributed by atoms with van der Waals surface area (Å²) in [5.74, 6) is 2.04. The number of aromatic nitrogens is 2. The summed E-state index contributed by atoms with van der Waals surface area (Å²) in [6.45, 7) is 16.1. The molecule has 1 aliphatic rings. The van der Waals surface area contributed by atoms with Crippen molar-refractivity contribution in [3.05, 3.63) is 41.3 Å². The van der Waals surface area contributed by atoms with Crippen LogP contribution in [0.25, 0.3) is 0 Å². The molecule has 0 radical (unpaired) electrons. The van der Waals surface area contributed by atoms with E-state index in [1.807, 2.05) is 13.8 Å². The lowest BCUT2D eigenvalue weighted by Gasteiger charge is -2.40. The smallest absolute Gasteiger partial charge is 0.214 e. The van der Waals surface area contributed by atoms with Gasteiger partial charge in [0, 0.05) is 19.6 Å². The van der Waals surface area contributed by atoms with Gasteiger partial charge in [0.2, 0.25) is 6.41 Å². The normalized spacial score (nSPS) is 21.1. The van der Waals surface area contributed by atoms with Gasteiger partial charge in [-0.05, 0) is 84.5 Å². The first kappa shape index (κ1) is 28.6. The molecule has 0 aliphatic heterocycles. The van der Waals surface area contributed by atoms with E-state index >= 15 is 0 Å². The zero-order valence-corrected chi connectivity index (χ0v) is 23.2. The first-order chi connectivity index (χ1) is 16.6. The molecule has 0 aromatic carbocycles. The van der Waals surface area contributed by atoms with Crippen molar-refractivity contribution in [3.8, 4) is 0 Å². The fourth-order valence-corrected chi connectivity index (χ4v) is 4.80. The summed E-state index contributed by atoms with van der Waals surface area (Å²) in [5, 5.41) is 6.40. The number of amides is 1. The molecule has 2 atom stereocenters. The molecule has 2 N–H and O–H groups in total. The summed E-state index contributed by atoms with van der Waals surface area (Å²) in [6.07, 6.45) is 16.2. The molecule has 0 spiro atoms. The van der Waals surface area contributed by atoms with E-state index in [1.165, 1.54) is 36.7 Å². The zero-order valence-electron chi connectivity index (χ0n) is 23.2. The Morgan fingerprint density at radius 2 is 1.89 bits per heavy atom. The van der Waals surface area contributed by atoms with Gasteiger partial charge in [-0.15, -0.1) is 0 Å². The Bertz CT molecular complexity index is 933. The van der Waals surface area contributed by atoms with Crippen LogP contribution >= 0.6 is 0 Å². The maximum absolute atomic E-state index is 12.0. The average Bonchev–Trinajstić information content (AvgIpc) is 2.82. The van der Waals surface area contributed by atoms with Crippen molar-refractivity contribution in [2.45, 2.75) is 93.0 Å². The molecule has 0 fully saturated rings. The molecule has 0 bridgehead atoms. The maximum Gasteiger partial charge on any atom is 0.214 e. The van der Waals surface area contributed by atoms with Crippen LogP contribution in [0, 0.1) is 11.3 Å². The highest BCUT2D eigenvalue weighted by molar-refractivity contribution is 5.89. The molecule has 6 nitrogen and oxygen atoms in total. The predicted octanol–water partition coefficient (Wildman–Crippen LogP) is 7.14. The largest absolute Gasteiger partial charge is 0.371 e.